The van der Waals surface area contributed by atoms with Crippen LogP contribution in [0.3, 0.4) is 0 Å². The monoisotopic (exact) mass is 290 g/mol. The third kappa shape index (κ3) is 2.76. The Morgan fingerprint density at radius 1 is 1.35 bits per heavy atom. The molecule has 0 radical (unpaired) electrons. The molecule has 0 bridgehead atoms. The van der Waals surface area contributed by atoms with E-state index in [-0.39, 0.29) is 5.82 Å². The number of nitrogens with zero attached hydrogens (tertiary/aromatic N) is 1. The normalized spacial score (nSPS) is 18.0. The standard InChI is InChI=1S/C16H19FN2S/c1-2-10-18-13-4-3-5-14-15(13)20-16(19-14)11-6-8-12(17)9-7-11/h6-9,13,18H,2-5,10H2,1H3. The van der Waals surface area contributed by atoms with E-state index >= 15 is 0 Å². The summed E-state index contributed by atoms with van der Waals surface area (Å²) in [5.41, 5.74) is 2.24. The number of rotatable bonds is 4. The minimum absolute atomic E-state index is 0.197. The highest BCUT2D eigenvalue weighted by atomic mass is 32.1. The van der Waals surface area contributed by atoms with Crippen molar-refractivity contribution in [2.24, 2.45) is 0 Å². The predicted molar refractivity (Wildman–Crippen MR) is 81.5 cm³/mol. The first-order valence-electron chi connectivity index (χ1n) is 7.27. The average Bonchev–Trinajstić information content (AvgIpc) is 2.90. The highest BCUT2D eigenvalue weighted by Gasteiger charge is 2.24. The second-order valence-corrected chi connectivity index (χ2v) is 6.27. The lowest BCUT2D eigenvalue weighted by atomic mass is 9.98. The lowest BCUT2D eigenvalue weighted by molar-refractivity contribution is 0.465. The number of halogens is 1. The van der Waals surface area contributed by atoms with Gasteiger partial charge in [-0.1, -0.05) is 6.92 Å². The molecule has 3 rings (SSSR count). The summed E-state index contributed by atoms with van der Waals surface area (Å²) in [6.07, 6.45) is 4.60. The van der Waals surface area contributed by atoms with Crippen molar-refractivity contribution >= 4 is 11.3 Å². The fraction of sp³-hybridized carbons (Fsp3) is 0.438. The van der Waals surface area contributed by atoms with Crippen LogP contribution in [0, 0.1) is 5.82 Å². The number of aromatic nitrogens is 1. The van der Waals surface area contributed by atoms with Crippen molar-refractivity contribution in [3.63, 3.8) is 0 Å². The summed E-state index contributed by atoms with van der Waals surface area (Å²) in [5, 5.41) is 4.63. The summed E-state index contributed by atoms with van der Waals surface area (Å²) in [6, 6.07) is 7.08. The molecule has 0 amide bonds. The minimum Gasteiger partial charge on any atom is -0.309 e. The van der Waals surface area contributed by atoms with E-state index in [1.165, 1.54) is 35.5 Å². The molecule has 1 aromatic heterocycles. The van der Waals surface area contributed by atoms with Gasteiger partial charge in [-0.15, -0.1) is 11.3 Å². The molecule has 1 aliphatic carbocycles. The average molecular weight is 290 g/mol. The number of hydrogen-bond acceptors (Lipinski definition) is 3. The van der Waals surface area contributed by atoms with Gasteiger partial charge in [-0.2, -0.15) is 0 Å². The minimum atomic E-state index is -0.197. The first kappa shape index (κ1) is 13.7. The number of aryl methyl sites for hydroxylation is 1. The Hall–Kier alpha value is -1.26. The SMILES string of the molecule is CCCNC1CCCc2nc(-c3ccc(F)cc3)sc21. The van der Waals surface area contributed by atoms with Crippen LogP contribution < -0.4 is 5.32 Å². The van der Waals surface area contributed by atoms with E-state index in [2.05, 4.69) is 12.2 Å². The zero-order chi connectivity index (χ0) is 13.9. The summed E-state index contributed by atoms with van der Waals surface area (Å²) < 4.78 is 13.0. The van der Waals surface area contributed by atoms with Crippen molar-refractivity contribution in [2.45, 2.75) is 38.6 Å². The predicted octanol–water partition coefficient (Wildman–Crippen LogP) is 4.33. The second kappa shape index (κ2) is 6.02. The molecule has 2 nitrogen and oxygen atoms in total. The van der Waals surface area contributed by atoms with Crippen molar-refractivity contribution in [3.05, 3.63) is 40.7 Å². The maximum absolute atomic E-state index is 13.0. The van der Waals surface area contributed by atoms with Gasteiger partial charge in [-0.25, -0.2) is 9.37 Å². The Morgan fingerprint density at radius 2 is 2.15 bits per heavy atom. The quantitative estimate of drug-likeness (QED) is 0.906. The van der Waals surface area contributed by atoms with Crippen LogP contribution in [0.1, 0.15) is 42.8 Å². The molecular formula is C16H19FN2S. The van der Waals surface area contributed by atoms with Gasteiger partial charge in [0.2, 0.25) is 0 Å². The molecule has 0 fully saturated rings. The first-order chi connectivity index (χ1) is 9.78. The number of fused-ring (bicyclic) bond motifs is 1. The summed E-state index contributed by atoms with van der Waals surface area (Å²) in [5.74, 6) is -0.197. The van der Waals surface area contributed by atoms with Gasteiger partial charge in [-0.3, -0.25) is 0 Å². The van der Waals surface area contributed by atoms with Crippen molar-refractivity contribution in [1.29, 1.82) is 0 Å². The van der Waals surface area contributed by atoms with Crippen LogP contribution in [0.5, 0.6) is 0 Å². The fourth-order valence-corrected chi connectivity index (χ4v) is 3.88. The van der Waals surface area contributed by atoms with Crippen LogP contribution in [0.25, 0.3) is 10.6 Å². The molecule has 4 heteroatoms. The molecule has 1 aromatic carbocycles. The molecule has 1 heterocycles. The van der Waals surface area contributed by atoms with Gasteiger partial charge in [0.15, 0.2) is 0 Å². The molecular weight excluding hydrogens is 271 g/mol. The van der Waals surface area contributed by atoms with Gasteiger partial charge in [0.1, 0.15) is 10.8 Å². The molecule has 2 aromatic rings. The van der Waals surface area contributed by atoms with Crippen molar-refractivity contribution in [2.75, 3.05) is 6.54 Å². The summed E-state index contributed by atoms with van der Waals surface area (Å²) in [6.45, 7) is 3.24. The van der Waals surface area contributed by atoms with Crippen molar-refractivity contribution in [3.8, 4) is 10.6 Å². The molecule has 1 atom stereocenters. The second-order valence-electron chi connectivity index (χ2n) is 5.24. The Balaban J connectivity index is 1.88. The molecule has 1 aliphatic rings. The van der Waals surface area contributed by atoms with Gasteiger partial charge >= 0.3 is 0 Å². The van der Waals surface area contributed by atoms with Crippen LogP contribution in [0.4, 0.5) is 4.39 Å². The topological polar surface area (TPSA) is 24.9 Å². The number of benzene rings is 1. The van der Waals surface area contributed by atoms with Gasteiger partial charge in [0, 0.05) is 16.5 Å². The molecule has 0 spiro atoms. The van der Waals surface area contributed by atoms with Crippen LogP contribution >= 0.6 is 11.3 Å². The van der Waals surface area contributed by atoms with Crippen LogP contribution in [-0.2, 0) is 6.42 Å². The van der Waals surface area contributed by atoms with E-state index in [0.29, 0.717) is 6.04 Å². The van der Waals surface area contributed by atoms with E-state index < -0.39 is 0 Å². The number of thiazole rings is 1. The van der Waals surface area contributed by atoms with Crippen molar-refractivity contribution in [1.82, 2.24) is 10.3 Å². The third-order valence-electron chi connectivity index (χ3n) is 3.68. The smallest absolute Gasteiger partial charge is 0.123 e. The maximum Gasteiger partial charge on any atom is 0.123 e. The highest BCUT2D eigenvalue weighted by Crippen LogP contribution is 2.37. The van der Waals surface area contributed by atoms with Crippen LogP contribution in [0.2, 0.25) is 0 Å². The summed E-state index contributed by atoms with van der Waals surface area (Å²) in [7, 11) is 0. The van der Waals surface area contributed by atoms with Crippen LogP contribution in [0.15, 0.2) is 24.3 Å². The van der Waals surface area contributed by atoms with E-state index in [9.17, 15) is 4.39 Å². The van der Waals surface area contributed by atoms with E-state index in [0.717, 1.165) is 30.0 Å². The van der Waals surface area contributed by atoms with Crippen LogP contribution in [-0.4, -0.2) is 11.5 Å². The number of nitrogens with one attached hydrogen (secondary N) is 1. The maximum atomic E-state index is 13.0. The lowest BCUT2D eigenvalue weighted by Gasteiger charge is -2.22. The molecule has 0 saturated heterocycles. The summed E-state index contributed by atoms with van der Waals surface area (Å²) in [4.78, 5) is 6.14. The van der Waals surface area contributed by atoms with Crippen molar-refractivity contribution < 1.29 is 4.39 Å². The Labute approximate surface area is 123 Å². The molecule has 1 unspecified atom stereocenters. The Bertz CT molecular complexity index is 577. The summed E-state index contributed by atoms with van der Waals surface area (Å²) >= 11 is 1.76. The third-order valence-corrected chi connectivity index (χ3v) is 4.94. The highest BCUT2D eigenvalue weighted by molar-refractivity contribution is 7.15. The number of hydrogen-bond donors (Lipinski definition) is 1. The Morgan fingerprint density at radius 3 is 2.90 bits per heavy atom. The first-order valence-corrected chi connectivity index (χ1v) is 8.08. The van der Waals surface area contributed by atoms with Gasteiger partial charge in [-0.05, 0) is 56.5 Å². The fourth-order valence-electron chi connectivity index (χ4n) is 2.65. The van der Waals surface area contributed by atoms with E-state index in [4.69, 9.17) is 4.98 Å². The zero-order valence-corrected chi connectivity index (χ0v) is 12.5. The zero-order valence-electron chi connectivity index (χ0n) is 11.7. The van der Waals surface area contributed by atoms with Gasteiger partial charge < -0.3 is 5.32 Å². The molecule has 1 N–H and O–H groups in total. The Kier molecular flexibility index (Phi) is 4.13. The lowest BCUT2D eigenvalue weighted by Crippen LogP contribution is -2.24. The molecule has 0 saturated carbocycles. The van der Waals surface area contributed by atoms with Gasteiger partial charge in [0.05, 0.1) is 5.69 Å². The van der Waals surface area contributed by atoms with E-state index in [1.807, 2.05) is 12.1 Å². The largest absolute Gasteiger partial charge is 0.309 e. The molecule has 0 aliphatic heterocycles. The van der Waals surface area contributed by atoms with Gasteiger partial charge in [0.25, 0.3) is 0 Å². The molecule has 106 valence electrons. The van der Waals surface area contributed by atoms with E-state index in [1.54, 1.807) is 11.3 Å². The molecule has 20 heavy (non-hydrogen) atoms.